The van der Waals surface area contributed by atoms with Crippen LogP contribution in [0, 0.1) is 0 Å². The monoisotopic (exact) mass is 338 g/mol. The lowest BCUT2D eigenvalue weighted by atomic mass is 10.1. The molecule has 2 aromatic heterocycles. The number of fused-ring (bicyclic) bond motifs is 1. The first-order valence-corrected chi connectivity index (χ1v) is 9.26. The predicted octanol–water partition coefficient (Wildman–Crippen LogP) is 1.57. The molecular formula is C19H26N6. The summed E-state index contributed by atoms with van der Waals surface area (Å²) in [5, 5.41) is 0. The van der Waals surface area contributed by atoms with E-state index in [0.29, 0.717) is 0 Å². The van der Waals surface area contributed by atoms with Crippen molar-refractivity contribution in [1.29, 1.82) is 0 Å². The quantitative estimate of drug-likeness (QED) is 0.843. The molecular weight excluding hydrogens is 312 g/mol. The van der Waals surface area contributed by atoms with E-state index in [9.17, 15) is 0 Å². The zero-order chi connectivity index (χ0) is 17.1. The van der Waals surface area contributed by atoms with E-state index in [-0.39, 0.29) is 0 Å². The summed E-state index contributed by atoms with van der Waals surface area (Å²) in [6.45, 7) is 10.5. The summed E-state index contributed by atoms with van der Waals surface area (Å²) < 4.78 is 0. The van der Waals surface area contributed by atoms with Crippen LogP contribution in [0.1, 0.15) is 23.9 Å². The molecule has 0 saturated carbocycles. The number of anilines is 1. The summed E-state index contributed by atoms with van der Waals surface area (Å²) in [4.78, 5) is 21.0. The summed E-state index contributed by atoms with van der Waals surface area (Å²) in [5.74, 6) is 1.15. The molecule has 25 heavy (non-hydrogen) atoms. The first-order chi connectivity index (χ1) is 12.3. The van der Waals surface area contributed by atoms with Gasteiger partial charge in [-0.3, -0.25) is 14.8 Å². The number of pyridine rings is 1. The van der Waals surface area contributed by atoms with Gasteiger partial charge in [0.15, 0.2) is 0 Å². The Morgan fingerprint density at radius 2 is 1.84 bits per heavy atom. The summed E-state index contributed by atoms with van der Waals surface area (Å²) in [5.41, 5.74) is 3.73. The van der Waals surface area contributed by atoms with Crippen molar-refractivity contribution in [1.82, 2.24) is 24.8 Å². The van der Waals surface area contributed by atoms with E-state index in [2.05, 4.69) is 48.7 Å². The van der Waals surface area contributed by atoms with E-state index in [4.69, 9.17) is 0 Å². The third-order valence-electron chi connectivity index (χ3n) is 5.29. The highest BCUT2D eigenvalue weighted by atomic mass is 15.3. The zero-order valence-corrected chi connectivity index (χ0v) is 14.9. The van der Waals surface area contributed by atoms with Gasteiger partial charge in [0.25, 0.3) is 0 Å². The van der Waals surface area contributed by atoms with Crippen LogP contribution in [-0.4, -0.2) is 64.0 Å². The third kappa shape index (κ3) is 3.65. The van der Waals surface area contributed by atoms with E-state index in [1.54, 1.807) is 6.33 Å². The molecule has 4 heterocycles. The van der Waals surface area contributed by atoms with Crippen LogP contribution in [0.2, 0.25) is 0 Å². The van der Waals surface area contributed by atoms with Crippen molar-refractivity contribution in [3.63, 3.8) is 0 Å². The SMILES string of the molecule is CCN1CCc2ncnc(N3CCN(Cc4ccccn4)CC3)c2C1. The first kappa shape index (κ1) is 16.4. The van der Waals surface area contributed by atoms with Crippen LogP contribution in [0.15, 0.2) is 30.7 Å². The van der Waals surface area contributed by atoms with E-state index in [0.717, 1.165) is 70.3 Å². The molecule has 0 N–H and O–H groups in total. The maximum absolute atomic E-state index is 4.65. The van der Waals surface area contributed by atoms with Gasteiger partial charge >= 0.3 is 0 Å². The third-order valence-corrected chi connectivity index (χ3v) is 5.29. The molecule has 2 aliphatic heterocycles. The Labute approximate surface area is 149 Å². The van der Waals surface area contributed by atoms with Crippen LogP contribution in [-0.2, 0) is 19.5 Å². The lowest BCUT2D eigenvalue weighted by Gasteiger charge is -2.37. The molecule has 0 aliphatic carbocycles. The number of hydrogen-bond donors (Lipinski definition) is 0. The van der Waals surface area contributed by atoms with E-state index >= 15 is 0 Å². The van der Waals surface area contributed by atoms with Crippen LogP contribution >= 0.6 is 0 Å². The van der Waals surface area contributed by atoms with Gasteiger partial charge in [-0.15, -0.1) is 0 Å². The van der Waals surface area contributed by atoms with Crippen molar-refractivity contribution in [3.05, 3.63) is 47.7 Å². The van der Waals surface area contributed by atoms with Gasteiger partial charge in [0.05, 0.1) is 11.4 Å². The van der Waals surface area contributed by atoms with Crippen LogP contribution in [0.25, 0.3) is 0 Å². The molecule has 0 amide bonds. The maximum atomic E-state index is 4.65. The number of hydrogen-bond acceptors (Lipinski definition) is 6. The van der Waals surface area contributed by atoms with E-state index in [1.165, 1.54) is 11.3 Å². The van der Waals surface area contributed by atoms with Crippen molar-refractivity contribution >= 4 is 5.82 Å². The number of aromatic nitrogens is 3. The average Bonchev–Trinajstić information content (AvgIpc) is 2.68. The van der Waals surface area contributed by atoms with Crippen LogP contribution in [0.4, 0.5) is 5.82 Å². The minimum absolute atomic E-state index is 0.931. The van der Waals surface area contributed by atoms with Crippen molar-refractivity contribution in [2.75, 3.05) is 44.2 Å². The Kier molecular flexibility index (Phi) is 4.90. The highest BCUT2D eigenvalue weighted by molar-refractivity contribution is 5.50. The van der Waals surface area contributed by atoms with E-state index < -0.39 is 0 Å². The standard InChI is InChI=1S/C19H26N6/c1-2-23-8-6-18-17(14-23)19(22-15-21-18)25-11-9-24(10-12-25)13-16-5-3-4-7-20-16/h3-5,7,15H,2,6,8-14H2,1H3. The number of nitrogens with zero attached hydrogens (tertiary/aromatic N) is 6. The fourth-order valence-corrected chi connectivity index (χ4v) is 3.76. The van der Waals surface area contributed by atoms with Gasteiger partial charge < -0.3 is 4.90 Å². The van der Waals surface area contributed by atoms with Crippen LogP contribution < -0.4 is 4.90 Å². The highest BCUT2D eigenvalue weighted by Crippen LogP contribution is 2.26. The first-order valence-electron chi connectivity index (χ1n) is 9.26. The Bertz CT molecular complexity index is 696. The van der Waals surface area contributed by atoms with Gasteiger partial charge in [-0.1, -0.05) is 13.0 Å². The molecule has 2 aromatic rings. The van der Waals surface area contributed by atoms with Crippen LogP contribution in [0.3, 0.4) is 0 Å². The lowest BCUT2D eigenvalue weighted by Crippen LogP contribution is -2.47. The van der Waals surface area contributed by atoms with Gasteiger partial charge in [-0.25, -0.2) is 9.97 Å². The second-order valence-corrected chi connectivity index (χ2v) is 6.83. The summed E-state index contributed by atoms with van der Waals surface area (Å²) in [7, 11) is 0. The number of piperazine rings is 1. The van der Waals surface area contributed by atoms with Gasteiger partial charge in [0.2, 0.25) is 0 Å². The Morgan fingerprint density at radius 1 is 0.960 bits per heavy atom. The molecule has 0 atom stereocenters. The summed E-state index contributed by atoms with van der Waals surface area (Å²) >= 11 is 0. The van der Waals surface area contributed by atoms with Crippen LogP contribution in [0.5, 0.6) is 0 Å². The topological polar surface area (TPSA) is 48.4 Å². The van der Waals surface area contributed by atoms with Gasteiger partial charge in [-0.05, 0) is 18.7 Å². The Morgan fingerprint density at radius 3 is 2.60 bits per heavy atom. The van der Waals surface area contributed by atoms with Gasteiger partial charge in [-0.2, -0.15) is 0 Å². The molecule has 4 rings (SSSR count). The van der Waals surface area contributed by atoms with E-state index in [1.807, 2.05) is 12.3 Å². The molecule has 2 aliphatic rings. The van der Waals surface area contributed by atoms with Crippen molar-refractivity contribution in [2.24, 2.45) is 0 Å². The largest absolute Gasteiger partial charge is 0.354 e. The number of rotatable bonds is 4. The molecule has 6 heteroatoms. The Hall–Kier alpha value is -2.05. The molecule has 0 aromatic carbocycles. The second-order valence-electron chi connectivity index (χ2n) is 6.83. The predicted molar refractivity (Wildman–Crippen MR) is 98.4 cm³/mol. The summed E-state index contributed by atoms with van der Waals surface area (Å²) in [6, 6.07) is 6.14. The Balaban J connectivity index is 1.43. The molecule has 0 unspecified atom stereocenters. The molecule has 6 nitrogen and oxygen atoms in total. The maximum Gasteiger partial charge on any atom is 0.136 e. The van der Waals surface area contributed by atoms with Crippen molar-refractivity contribution in [3.8, 4) is 0 Å². The summed E-state index contributed by atoms with van der Waals surface area (Å²) in [6.07, 6.45) is 4.66. The molecule has 1 fully saturated rings. The highest BCUT2D eigenvalue weighted by Gasteiger charge is 2.25. The fraction of sp³-hybridized carbons (Fsp3) is 0.526. The van der Waals surface area contributed by atoms with Crippen molar-refractivity contribution in [2.45, 2.75) is 26.4 Å². The van der Waals surface area contributed by atoms with Crippen molar-refractivity contribution < 1.29 is 0 Å². The smallest absolute Gasteiger partial charge is 0.136 e. The van der Waals surface area contributed by atoms with Gasteiger partial charge in [0, 0.05) is 64.0 Å². The molecule has 1 saturated heterocycles. The lowest BCUT2D eigenvalue weighted by molar-refractivity contribution is 0.244. The normalized spacial score (nSPS) is 19.0. The average molecular weight is 338 g/mol. The molecule has 132 valence electrons. The van der Waals surface area contributed by atoms with Gasteiger partial charge in [0.1, 0.15) is 12.1 Å². The second kappa shape index (κ2) is 7.45. The minimum Gasteiger partial charge on any atom is -0.354 e. The fourth-order valence-electron chi connectivity index (χ4n) is 3.76. The molecule has 0 radical (unpaired) electrons. The molecule has 0 spiro atoms. The minimum atomic E-state index is 0.931. The number of likely N-dealkylation sites (N-methyl/N-ethyl adjacent to an activating group) is 1. The zero-order valence-electron chi connectivity index (χ0n) is 14.9. The molecule has 0 bridgehead atoms.